The van der Waals surface area contributed by atoms with Crippen molar-refractivity contribution in [3.8, 4) is 0 Å². The van der Waals surface area contributed by atoms with Crippen molar-refractivity contribution in [3.63, 3.8) is 0 Å². The van der Waals surface area contributed by atoms with Gasteiger partial charge in [-0.05, 0) is 83.5 Å². The summed E-state index contributed by atoms with van der Waals surface area (Å²) in [6, 6.07) is 0. The summed E-state index contributed by atoms with van der Waals surface area (Å²) in [4.78, 5) is 38.0. The minimum atomic E-state index is -4.64. The number of allylic oxidation sites excluding steroid dienone is 10. The van der Waals surface area contributed by atoms with Gasteiger partial charge in [-0.2, -0.15) is 0 Å². The van der Waals surface area contributed by atoms with Crippen LogP contribution < -0.4 is 4.89 Å². The van der Waals surface area contributed by atoms with E-state index in [0.717, 1.165) is 77.0 Å². The zero-order valence-electron chi connectivity index (χ0n) is 51.9. The molecule has 0 aromatic heterocycles. The van der Waals surface area contributed by atoms with Gasteiger partial charge in [0.15, 0.2) is 6.10 Å². The highest BCUT2D eigenvalue weighted by atomic mass is 31.2. The molecule has 0 rings (SSSR count). The number of likely N-dealkylation sites (N-methyl/N-ethyl adjacent to an activating group) is 1. The molecule has 0 N–H and O–H groups in total. The molecular weight excluding hydrogens is 990 g/mol. The van der Waals surface area contributed by atoms with Crippen LogP contribution in [0.4, 0.5) is 0 Å². The van der Waals surface area contributed by atoms with Crippen molar-refractivity contribution in [2.45, 2.75) is 315 Å². The number of esters is 2. The molecule has 78 heavy (non-hydrogen) atoms. The zero-order valence-corrected chi connectivity index (χ0v) is 52.8. The van der Waals surface area contributed by atoms with E-state index in [-0.39, 0.29) is 32.0 Å². The van der Waals surface area contributed by atoms with Crippen molar-refractivity contribution in [3.05, 3.63) is 60.8 Å². The van der Waals surface area contributed by atoms with Crippen LogP contribution in [-0.2, 0) is 32.7 Å². The summed E-state index contributed by atoms with van der Waals surface area (Å²) in [6.07, 6.45) is 77.2. The Kier molecular flexibility index (Phi) is 57.6. The van der Waals surface area contributed by atoms with Gasteiger partial charge in [0.05, 0.1) is 27.7 Å². The van der Waals surface area contributed by atoms with Crippen LogP contribution in [0.1, 0.15) is 309 Å². The smallest absolute Gasteiger partial charge is 0.306 e. The molecule has 0 aliphatic heterocycles. The van der Waals surface area contributed by atoms with E-state index < -0.39 is 26.5 Å². The van der Waals surface area contributed by atoms with Crippen molar-refractivity contribution < 1.29 is 42.1 Å². The van der Waals surface area contributed by atoms with Gasteiger partial charge in [-0.1, -0.05) is 274 Å². The third kappa shape index (κ3) is 62.9. The molecule has 0 aromatic carbocycles. The van der Waals surface area contributed by atoms with Gasteiger partial charge < -0.3 is 27.9 Å². The first-order valence-electron chi connectivity index (χ1n) is 33.0. The predicted octanol–water partition coefficient (Wildman–Crippen LogP) is 20.4. The van der Waals surface area contributed by atoms with Crippen LogP contribution in [0.15, 0.2) is 60.8 Å². The number of carbonyl (C=O) groups is 2. The standard InChI is InChI=1S/C68H126NO8P/c1-6-8-10-12-14-16-18-20-22-24-26-28-29-30-31-32-33-34-35-36-37-38-39-41-42-44-46-48-50-52-54-56-58-60-67(70)74-64-66(65-76-78(72,73)75-63-62-69(3,4)5)77-68(71)61-59-57-55-53-51-49-47-45-43-40-27-25-23-21-19-17-15-13-11-9-7-2/h18-21,24-27,43,45,66H,6-17,22-23,28-42,44,46-65H2,1-5H3/b20-18-,21-19-,26-24-,27-25-,45-43-. The molecule has 0 saturated heterocycles. The monoisotopic (exact) mass is 1120 g/mol. The van der Waals surface area contributed by atoms with E-state index in [2.05, 4.69) is 74.6 Å². The van der Waals surface area contributed by atoms with Crippen LogP contribution in [0.25, 0.3) is 0 Å². The van der Waals surface area contributed by atoms with Crippen molar-refractivity contribution in [2.75, 3.05) is 47.5 Å². The van der Waals surface area contributed by atoms with Crippen molar-refractivity contribution in [1.82, 2.24) is 0 Å². The summed E-state index contributed by atoms with van der Waals surface area (Å²) >= 11 is 0. The highest BCUT2D eigenvalue weighted by Crippen LogP contribution is 2.38. The summed E-state index contributed by atoms with van der Waals surface area (Å²) in [5.41, 5.74) is 0. The number of ether oxygens (including phenoxy) is 2. The fourth-order valence-corrected chi connectivity index (χ4v) is 10.1. The lowest BCUT2D eigenvalue weighted by atomic mass is 10.0. The van der Waals surface area contributed by atoms with Gasteiger partial charge in [0.1, 0.15) is 19.8 Å². The molecule has 9 nitrogen and oxygen atoms in total. The minimum absolute atomic E-state index is 0.0340. The quantitative estimate of drug-likeness (QED) is 0.0195. The van der Waals surface area contributed by atoms with E-state index in [0.29, 0.717) is 17.4 Å². The Morgan fingerprint density at radius 2 is 0.692 bits per heavy atom. The first-order valence-corrected chi connectivity index (χ1v) is 34.5. The van der Waals surface area contributed by atoms with E-state index >= 15 is 0 Å². The maximum Gasteiger partial charge on any atom is 0.306 e. The Morgan fingerprint density at radius 3 is 1.03 bits per heavy atom. The van der Waals surface area contributed by atoms with Crippen molar-refractivity contribution >= 4 is 19.8 Å². The maximum atomic E-state index is 12.8. The molecule has 2 unspecified atom stereocenters. The van der Waals surface area contributed by atoms with Crippen LogP contribution in [-0.4, -0.2) is 70.0 Å². The van der Waals surface area contributed by atoms with E-state index in [1.807, 2.05) is 21.1 Å². The Morgan fingerprint density at radius 1 is 0.397 bits per heavy atom. The minimum Gasteiger partial charge on any atom is -0.756 e. The van der Waals surface area contributed by atoms with Crippen LogP contribution in [0.5, 0.6) is 0 Å². The SMILES string of the molecule is CCCCCCC/C=C\C/C=C\C/C=C\CCCCCCCCC(=O)OC(COC(=O)CCCCCCCCCCCCCCCCCCCCCCC/C=C\C/C=C\CCCCCCC)COP(=O)([O-])OCC[N+](C)(C)C. The topological polar surface area (TPSA) is 111 Å². The van der Waals surface area contributed by atoms with E-state index in [9.17, 15) is 19.0 Å². The van der Waals surface area contributed by atoms with Gasteiger partial charge in [0.25, 0.3) is 7.82 Å². The molecule has 0 bridgehead atoms. The van der Waals surface area contributed by atoms with Gasteiger partial charge >= 0.3 is 11.9 Å². The molecule has 0 aliphatic rings. The zero-order chi connectivity index (χ0) is 57.0. The lowest BCUT2D eigenvalue weighted by Gasteiger charge is -2.28. The lowest BCUT2D eigenvalue weighted by Crippen LogP contribution is -2.37. The number of nitrogens with zero attached hydrogens (tertiary/aromatic N) is 1. The largest absolute Gasteiger partial charge is 0.756 e. The third-order valence-corrected chi connectivity index (χ3v) is 15.5. The summed E-state index contributed by atoms with van der Waals surface area (Å²) in [5.74, 6) is -0.837. The molecule has 0 saturated carbocycles. The van der Waals surface area contributed by atoms with Crippen molar-refractivity contribution in [2.24, 2.45) is 0 Å². The second kappa shape index (κ2) is 59.3. The average molecular weight is 1120 g/mol. The molecule has 10 heteroatoms. The first kappa shape index (κ1) is 75.7. The second-order valence-corrected chi connectivity index (χ2v) is 24.9. The van der Waals surface area contributed by atoms with Gasteiger partial charge in [-0.15, -0.1) is 0 Å². The molecule has 0 heterocycles. The normalized spacial score (nSPS) is 13.6. The van der Waals surface area contributed by atoms with Crippen LogP contribution in [0.2, 0.25) is 0 Å². The van der Waals surface area contributed by atoms with Gasteiger partial charge in [0.2, 0.25) is 0 Å². The number of unbranched alkanes of at least 4 members (excludes halogenated alkanes) is 37. The molecule has 0 fully saturated rings. The van der Waals surface area contributed by atoms with Gasteiger partial charge in [-0.3, -0.25) is 14.2 Å². The lowest BCUT2D eigenvalue weighted by molar-refractivity contribution is -0.870. The molecule has 0 aromatic rings. The Hall–Kier alpha value is -2.29. The van der Waals surface area contributed by atoms with Crippen LogP contribution in [0, 0.1) is 0 Å². The predicted molar refractivity (Wildman–Crippen MR) is 333 cm³/mol. The highest BCUT2D eigenvalue weighted by molar-refractivity contribution is 7.45. The number of carbonyl (C=O) groups excluding carboxylic acids is 2. The second-order valence-electron chi connectivity index (χ2n) is 23.5. The molecule has 0 amide bonds. The first-order chi connectivity index (χ1) is 38.0. The summed E-state index contributed by atoms with van der Waals surface area (Å²) in [5, 5.41) is 0. The van der Waals surface area contributed by atoms with Crippen LogP contribution >= 0.6 is 7.82 Å². The molecule has 2 atom stereocenters. The van der Waals surface area contributed by atoms with E-state index in [1.165, 1.54) is 199 Å². The Bertz CT molecular complexity index is 1500. The third-order valence-electron chi connectivity index (χ3n) is 14.5. The molecular formula is C68H126NO8P. The number of hydrogen-bond acceptors (Lipinski definition) is 8. The van der Waals surface area contributed by atoms with Crippen molar-refractivity contribution in [1.29, 1.82) is 0 Å². The Labute approximate surface area is 483 Å². The number of rotatable bonds is 61. The van der Waals surface area contributed by atoms with E-state index in [1.54, 1.807) is 0 Å². The average Bonchev–Trinajstić information content (AvgIpc) is 3.41. The summed E-state index contributed by atoms with van der Waals surface area (Å²) in [6.45, 7) is 4.24. The van der Waals surface area contributed by atoms with Gasteiger partial charge in [-0.25, -0.2) is 0 Å². The molecule has 0 spiro atoms. The number of quaternary nitrogens is 1. The molecule has 0 aliphatic carbocycles. The number of hydrogen-bond donors (Lipinski definition) is 0. The van der Waals surface area contributed by atoms with Crippen LogP contribution in [0.3, 0.4) is 0 Å². The van der Waals surface area contributed by atoms with Gasteiger partial charge in [0, 0.05) is 12.8 Å². The fraction of sp³-hybridized carbons (Fsp3) is 0.824. The number of phosphoric ester groups is 1. The number of phosphoric acid groups is 1. The highest BCUT2D eigenvalue weighted by Gasteiger charge is 2.22. The summed E-state index contributed by atoms with van der Waals surface area (Å²) < 4.78 is 34.2. The molecule has 456 valence electrons. The Balaban J connectivity index is 4.03. The summed E-state index contributed by atoms with van der Waals surface area (Å²) in [7, 11) is 1.16. The maximum absolute atomic E-state index is 12.8. The molecule has 0 radical (unpaired) electrons. The fourth-order valence-electron chi connectivity index (χ4n) is 9.40. The van der Waals surface area contributed by atoms with E-state index in [4.69, 9.17) is 18.5 Å².